The molecule has 0 aromatic rings. The maximum Gasteiger partial charge on any atom is 0.408 e. The van der Waals surface area contributed by atoms with E-state index in [1.165, 1.54) is 6.92 Å². The molecule has 0 aromatic carbocycles. The third-order valence-corrected chi connectivity index (χ3v) is 1.95. The van der Waals surface area contributed by atoms with Gasteiger partial charge in [0.05, 0.1) is 0 Å². The lowest BCUT2D eigenvalue weighted by molar-refractivity contribution is -0.154. The normalized spacial score (nSPS) is 13.1. The van der Waals surface area contributed by atoms with E-state index in [0.29, 0.717) is 0 Å². The monoisotopic (exact) mass is 302 g/mol. The van der Waals surface area contributed by atoms with Gasteiger partial charge in [0, 0.05) is 0 Å². The highest BCUT2D eigenvalue weighted by Crippen LogP contribution is 2.07. The highest BCUT2D eigenvalue weighted by molar-refractivity contribution is 5.88. The van der Waals surface area contributed by atoms with E-state index in [9.17, 15) is 14.4 Å². The van der Waals surface area contributed by atoms with Gasteiger partial charge >= 0.3 is 12.1 Å². The Balaban J connectivity index is 4.17. The molecule has 0 aliphatic carbocycles. The summed E-state index contributed by atoms with van der Waals surface area (Å²) in [5.41, 5.74) is -1.25. The van der Waals surface area contributed by atoms with Crippen molar-refractivity contribution in [2.75, 3.05) is 6.54 Å². The van der Waals surface area contributed by atoms with Crippen molar-refractivity contribution in [3.8, 4) is 0 Å². The highest BCUT2D eigenvalue weighted by atomic mass is 16.6. The fourth-order valence-electron chi connectivity index (χ4n) is 1.24. The summed E-state index contributed by atoms with van der Waals surface area (Å²) in [5.74, 6) is -1.04. The van der Waals surface area contributed by atoms with Crippen molar-refractivity contribution >= 4 is 18.0 Å². The van der Waals surface area contributed by atoms with Crippen LogP contribution in [0.25, 0.3) is 0 Å². The minimum Gasteiger partial charge on any atom is -0.459 e. The molecule has 0 bridgehead atoms. The Morgan fingerprint density at radius 3 is 1.86 bits per heavy atom. The second kappa shape index (κ2) is 7.28. The molecule has 0 saturated carbocycles. The molecule has 21 heavy (non-hydrogen) atoms. The van der Waals surface area contributed by atoms with Gasteiger partial charge in [-0.15, -0.1) is 0 Å². The van der Waals surface area contributed by atoms with Crippen LogP contribution in [0.15, 0.2) is 0 Å². The van der Waals surface area contributed by atoms with Crippen LogP contribution in [0.1, 0.15) is 48.5 Å². The van der Waals surface area contributed by atoms with Crippen molar-refractivity contribution in [3.63, 3.8) is 0 Å². The first-order valence-electron chi connectivity index (χ1n) is 6.79. The molecule has 1 unspecified atom stereocenters. The second-order valence-electron chi connectivity index (χ2n) is 6.67. The topological polar surface area (TPSA) is 93.7 Å². The minimum atomic E-state index is -0.817. The van der Waals surface area contributed by atoms with Crippen LogP contribution in [-0.4, -0.2) is 41.8 Å². The molecule has 0 aliphatic heterocycles. The summed E-state index contributed by atoms with van der Waals surface area (Å²) in [4.78, 5) is 34.7. The van der Waals surface area contributed by atoms with Gasteiger partial charge in [-0.25, -0.2) is 4.79 Å². The number of nitrogens with one attached hydrogen (secondary N) is 2. The molecule has 2 N–H and O–H groups in total. The number of alkyl carbamates (subject to hydrolysis) is 1. The molecular weight excluding hydrogens is 276 g/mol. The molecule has 2 amide bonds. The third kappa shape index (κ3) is 10.6. The van der Waals surface area contributed by atoms with E-state index in [2.05, 4.69) is 10.6 Å². The molecule has 0 radical (unpaired) electrons. The van der Waals surface area contributed by atoms with Gasteiger partial charge in [-0.3, -0.25) is 9.59 Å². The number of hydrogen-bond donors (Lipinski definition) is 2. The lowest BCUT2D eigenvalue weighted by atomic mass is 10.2. The lowest BCUT2D eigenvalue weighted by Gasteiger charge is -2.22. The number of carbonyl (C=O) groups is 3. The highest BCUT2D eigenvalue weighted by Gasteiger charge is 2.22. The zero-order valence-corrected chi connectivity index (χ0v) is 13.8. The summed E-state index contributed by atoms with van der Waals surface area (Å²) in [7, 11) is 0. The number of amides is 2. The first-order chi connectivity index (χ1) is 9.30. The summed E-state index contributed by atoms with van der Waals surface area (Å²) in [5, 5.41) is 4.77. The fraction of sp³-hybridized carbons (Fsp3) is 0.786. The van der Waals surface area contributed by atoms with E-state index in [4.69, 9.17) is 9.47 Å². The molecule has 7 heteroatoms. The summed E-state index contributed by atoms with van der Waals surface area (Å²) < 4.78 is 10.1. The van der Waals surface area contributed by atoms with Crippen molar-refractivity contribution in [3.05, 3.63) is 0 Å². The number of rotatable bonds is 4. The Kier molecular flexibility index (Phi) is 6.66. The van der Waals surface area contributed by atoms with Gasteiger partial charge < -0.3 is 20.1 Å². The van der Waals surface area contributed by atoms with Crippen LogP contribution in [-0.2, 0) is 19.1 Å². The molecule has 7 nitrogen and oxygen atoms in total. The average Bonchev–Trinajstić information content (AvgIpc) is 2.20. The predicted molar refractivity (Wildman–Crippen MR) is 77.7 cm³/mol. The Bertz CT molecular complexity index is 393. The number of carbonyl (C=O) groups excluding carboxylic acids is 3. The van der Waals surface area contributed by atoms with E-state index in [-0.39, 0.29) is 6.54 Å². The number of hydrogen-bond acceptors (Lipinski definition) is 5. The van der Waals surface area contributed by atoms with E-state index in [1.807, 2.05) is 0 Å². The molecule has 0 fully saturated rings. The zero-order valence-electron chi connectivity index (χ0n) is 13.8. The standard InChI is InChI=1S/C14H26N2O5/c1-9(16-12(19)21-14(5,6)7)11(18)15-8-10(17)20-13(2,3)4/h9H,8H2,1-7H3,(H,15,18)(H,16,19). The molecule has 0 rings (SSSR count). The first kappa shape index (κ1) is 19.2. The summed E-state index contributed by atoms with van der Waals surface area (Å²) in [6.07, 6.45) is -0.692. The smallest absolute Gasteiger partial charge is 0.408 e. The molecule has 122 valence electrons. The van der Waals surface area contributed by atoms with Gasteiger partial charge in [0.1, 0.15) is 23.8 Å². The Hall–Kier alpha value is -1.79. The minimum absolute atomic E-state index is 0.254. The van der Waals surface area contributed by atoms with Crippen LogP contribution in [0.4, 0.5) is 4.79 Å². The third-order valence-electron chi connectivity index (χ3n) is 1.95. The van der Waals surface area contributed by atoms with Crippen molar-refractivity contribution in [1.29, 1.82) is 0 Å². The molecular formula is C14H26N2O5. The quantitative estimate of drug-likeness (QED) is 0.765. The van der Waals surface area contributed by atoms with Gasteiger partial charge in [-0.2, -0.15) is 0 Å². The van der Waals surface area contributed by atoms with Crippen molar-refractivity contribution < 1.29 is 23.9 Å². The van der Waals surface area contributed by atoms with Crippen LogP contribution < -0.4 is 10.6 Å². The number of ether oxygens (including phenoxy) is 2. The Morgan fingerprint density at radius 1 is 0.952 bits per heavy atom. The van der Waals surface area contributed by atoms with Crippen molar-refractivity contribution in [1.82, 2.24) is 10.6 Å². The van der Waals surface area contributed by atoms with E-state index >= 15 is 0 Å². The van der Waals surface area contributed by atoms with Crippen LogP contribution >= 0.6 is 0 Å². The predicted octanol–water partition coefficient (Wildman–Crippen LogP) is 1.36. The van der Waals surface area contributed by atoms with Gasteiger partial charge in [-0.1, -0.05) is 0 Å². The maximum absolute atomic E-state index is 11.7. The maximum atomic E-state index is 11.7. The molecule has 0 heterocycles. The SMILES string of the molecule is CC(NC(=O)OC(C)(C)C)C(=O)NCC(=O)OC(C)(C)C. The lowest BCUT2D eigenvalue weighted by Crippen LogP contribution is -2.48. The summed E-state index contributed by atoms with van der Waals surface area (Å²) in [6.45, 7) is 11.6. The van der Waals surface area contributed by atoms with Gasteiger partial charge in [0.2, 0.25) is 5.91 Å². The molecule has 0 aromatic heterocycles. The van der Waals surface area contributed by atoms with Gasteiger partial charge in [0.25, 0.3) is 0 Å². The van der Waals surface area contributed by atoms with Crippen LogP contribution in [0.3, 0.4) is 0 Å². The van der Waals surface area contributed by atoms with Gasteiger partial charge in [0.15, 0.2) is 0 Å². The molecule has 0 spiro atoms. The molecule has 0 saturated heterocycles. The fourth-order valence-corrected chi connectivity index (χ4v) is 1.24. The Labute approximate surface area is 125 Å². The van der Waals surface area contributed by atoms with Crippen LogP contribution in [0, 0.1) is 0 Å². The molecule has 1 atom stereocenters. The van der Waals surface area contributed by atoms with E-state index < -0.39 is 35.2 Å². The summed E-state index contributed by atoms with van der Waals surface area (Å²) in [6, 6.07) is -0.817. The zero-order chi connectivity index (χ0) is 16.8. The Morgan fingerprint density at radius 2 is 1.43 bits per heavy atom. The second-order valence-corrected chi connectivity index (χ2v) is 6.67. The van der Waals surface area contributed by atoms with E-state index in [1.54, 1.807) is 41.5 Å². The van der Waals surface area contributed by atoms with Crippen LogP contribution in [0.5, 0.6) is 0 Å². The van der Waals surface area contributed by atoms with Crippen molar-refractivity contribution in [2.24, 2.45) is 0 Å². The largest absolute Gasteiger partial charge is 0.459 e. The van der Waals surface area contributed by atoms with Crippen LogP contribution in [0.2, 0.25) is 0 Å². The summed E-state index contributed by atoms with van der Waals surface area (Å²) >= 11 is 0. The van der Waals surface area contributed by atoms with Gasteiger partial charge in [-0.05, 0) is 48.5 Å². The van der Waals surface area contributed by atoms with Crippen molar-refractivity contribution in [2.45, 2.75) is 65.7 Å². The average molecular weight is 302 g/mol. The van der Waals surface area contributed by atoms with E-state index in [0.717, 1.165) is 0 Å². The first-order valence-corrected chi connectivity index (χ1v) is 6.79. The molecule has 0 aliphatic rings. The number of esters is 1.